The summed E-state index contributed by atoms with van der Waals surface area (Å²) in [6.07, 6.45) is 0.325. The molecule has 0 saturated heterocycles. The van der Waals surface area contributed by atoms with Crippen molar-refractivity contribution in [2.45, 2.75) is 19.4 Å². The van der Waals surface area contributed by atoms with Crippen molar-refractivity contribution in [3.8, 4) is 0 Å². The number of amides is 1. The molecule has 0 aliphatic carbocycles. The van der Waals surface area contributed by atoms with E-state index in [-0.39, 0.29) is 24.4 Å². The predicted octanol–water partition coefficient (Wildman–Crippen LogP) is 2.94. The van der Waals surface area contributed by atoms with Gasteiger partial charge in [0, 0.05) is 13.0 Å². The molecule has 0 bridgehead atoms. The van der Waals surface area contributed by atoms with Gasteiger partial charge in [-0.25, -0.2) is 0 Å². The van der Waals surface area contributed by atoms with Gasteiger partial charge < -0.3 is 11.1 Å². The van der Waals surface area contributed by atoms with Gasteiger partial charge in [0.2, 0.25) is 5.91 Å². The number of carbonyl (C=O) groups is 1. The van der Waals surface area contributed by atoms with Gasteiger partial charge >= 0.3 is 0 Å². The molecule has 3 nitrogen and oxygen atoms in total. The summed E-state index contributed by atoms with van der Waals surface area (Å²) in [6, 6.07) is 5.19. The van der Waals surface area contributed by atoms with E-state index in [1.807, 2.05) is 13.0 Å². The summed E-state index contributed by atoms with van der Waals surface area (Å²) in [7, 11) is 0. The van der Waals surface area contributed by atoms with Gasteiger partial charge in [-0.2, -0.15) is 0 Å². The van der Waals surface area contributed by atoms with Crippen LogP contribution in [0.1, 0.15) is 24.9 Å². The quantitative estimate of drug-likeness (QED) is 0.898. The zero-order chi connectivity index (χ0) is 12.1. The fraction of sp³-hybridized carbons (Fsp3) is 0.364. The van der Waals surface area contributed by atoms with Crippen molar-refractivity contribution in [2.24, 2.45) is 5.73 Å². The van der Waals surface area contributed by atoms with Crippen LogP contribution in [-0.4, -0.2) is 12.5 Å². The Hall–Kier alpha value is -0.480. The molecule has 1 amide bonds. The van der Waals surface area contributed by atoms with Crippen LogP contribution in [-0.2, 0) is 4.79 Å². The normalized spacial score (nSPS) is 11.5. The lowest BCUT2D eigenvalue weighted by molar-refractivity contribution is -0.121. The number of benzene rings is 1. The minimum absolute atomic E-state index is 0. The number of hydrogen-bond acceptors (Lipinski definition) is 2. The zero-order valence-corrected chi connectivity index (χ0v) is 11.7. The number of carbonyl (C=O) groups excluding carboxylic acids is 1. The van der Waals surface area contributed by atoms with E-state index in [4.69, 9.17) is 28.9 Å². The first-order chi connectivity index (χ1) is 7.54. The molecule has 0 aliphatic heterocycles. The summed E-state index contributed by atoms with van der Waals surface area (Å²) in [5, 5.41) is 3.81. The van der Waals surface area contributed by atoms with Gasteiger partial charge in [-0.05, 0) is 24.6 Å². The van der Waals surface area contributed by atoms with Crippen molar-refractivity contribution >= 4 is 41.5 Å². The van der Waals surface area contributed by atoms with E-state index < -0.39 is 0 Å². The number of nitrogens with one attached hydrogen (secondary N) is 1. The number of nitrogens with two attached hydrogens (primary N) is 1. The van der Waals surface area contributed by atoms with E-state index in [0.29, 0.717) is 23.0 Å². The Balaban J connectivity index is 0.00000256. The fourth-order valence-electron chi connectivity index (χ4n) is 1.31. The maximum atomic E-state index is 11.3. The molecule has 0 spiro atoms. The van der Waals surface area contributed by atoms with Crippen molar-refractivity contribution in [3.05, 3.63) is 33.8 Å². The highest BCUT2D eigenvalue weighted by atomic mass is 35.5. The van der Waals surface area contributed by atoms with E-state index in [1.165, 1.54) is 0 Å². The van der Waals surface area contributed by atoms with Crippen molar-refractivity contribution in [1.29, 1.82) is 0 Å². The molecule has 0 fully saturated rings. The molecule has 1 rings (SSSR count). The Morgan fingerprint density at radius 2 is 2.06 bits per heavy atom. The van der Waals surface area contributed by atoms with Crippen molar-refractivity contribution in [1.82, 2.24) is 5.32 Å². The van der Waals surface area contributed by atoms with Gasteiger partial charge in [0.15, 0.2) is 0 Å². The van der Waals surface area contributed by atoms with E-state index in [0.717, 1.165) is 5.56 Å². The first kappa shape index (κ1) is 16.5. The Labute approximate surface area is 117 Å². The summed E-state index contributed by atoms with van der Waals surface area (Å²) >= 11 is 11.7. The molecular weight excluding hydrogens is 282 g/mol. The summed E-state index contributed by atoms with van der Waals surface area (Å²) in [6.45, 7) is 2.23. The first-order valence-electron chi connectivity index (χ1n) is 4.99. The van der Waals surface area contributed by atoms with Gasteiger partial charge in [-0.3, -0.25) is 4.79 Å². The second-order valence-corrected chi connectivity index (χ2v) is 4.32. The van der Waals surface area contributed by atoms with Crippen molar-refractivity contribution in [3.63, 3.8) is 0 Å². The van der Waals surface area contributed by atoms with Gasteiger partial charge in [0.1, 0.15) is 0 Å². The highest BCUT2D eigenvalue weighted by Gasteiger charge is 2.10. The lowest BCUT2D eigenvalue weighted by Crippen LogP contribution is -2.28. The molecule has 0 aliphatic rings. The second kappa shape index (κ2) is 7.77. The third kappa shape index (κ3) is 5.13. The molecule has 17 heavy (non-hydrogen) atoms. The van der Waals surface area contributed by atoms with Gasteiger partial charge in [0.25, 0.3) is 0 Å². The Morgan fingerprint density at radius 3 is 2.59 bits per heavy atom. The zero-order valence-electron chi connectivity index (χ0n) is 9.37. The monoisotopic (exact) mass is 296 g/mol. The van der Waals surface area contributed by atoms with Crippen molar-refractivity contribution < 1.29 is 4.79 Å². The van der Waals surface area contributed by atoms with Gasteiger partial charge in [-0.1, -0.05) is 29.3 Å². The van der Waals surface area contributed by atoms with E-state index >= 15 is 0 Å². The summed E-state index contributed by atoms with van der Waals surface area (Å²) in [5.41, 5.74) is 6.20. The van der Waals surface area contributed by atoms with E-state index in [9.17, 15) is 4.79 Å². The molecular formula is C11H15Cl3N2O. The third-order valence-electron chi connectivity index (χ3n) is 2.19. The van der Waals surface area contributed by atoms with Crippen LogP contribution in [0.5, 0.6) is 0 Å². The Bertz CT molecular complexity index is 385. The van der Waals surface area contributed by atoms with Crippen molar-refractivity contribution in [2.75, 3.05) is 6.54 Å². The molecule has 0 saturated carbocycles. The largest absolute Gasteiger partial charge is 0.350 e. The molecule has 1 atom stereocenters. The van der Waals surface area contributed by atoms with Crippen LogP contribution in [0.15, 0.2) is 18.2 Å². The smallest absolute Gasteiger partial charge is 0.221 e. The lowest BCUT2D eigenvalue weighted by Gasteiger charge is -2.14. The topological polar surface area (TPSA) is 55.1 Å². The minimum atomic E-state index is -0.103. The average Bonchev–Trinajstić information content (AvgIpc) is 2.22. The maximum Gasteiger partial charge on any atom is 0.221 e. The summed E-state index contributed by atoms with van der Waals surface area (Å²) < 4.78 is 0. The Kier molecular flexibility index (Phi) is 7.55. The predicted molar refractivity (Wildman–Crippen MR) is 73.9 cm³/mol. The third-order valence-corrected chi connectivity index (χ3v) is 2.93. The molecule has 3 N–H and O–H groups in total. The maximum absolute atomic E-state index is 11.3. The van der Waals surface area contributed by atoms with Crippen LogP contribution >= 0.6 is 35.6 Å². The highest BCUT2D eigenvalue weighted by molar-refractivity contribution is 6.42. The van der Waals surface area contributed by atoms with Crippen LogP contribution in [0.25, 0.3) is 0 Å². The lowest BCUT2D eigenvalue weighted by atomic mass is 10.1. The first-order valence-corrected chi connectivity index (χ1v) is 5.74. The highest BCUT2D eigenvalue weighted by Crippen LogP contribution is 2.25. The Morgan fingerprint density at radius 1 is 1.41 bits per heavy atom. The van der Waals surface area contributed by atoms with Crippen LogP contribution in [0.3, 0.4) is 0 Å². The fourth-order valence-corrected chi connectivity index (χ4v) is 1.62. The summed E-state index contributed by atoms with van der Waals surface area (Å²) in [5.74, 6) is -0.0685. The van der Waals surface area contributed by atoms with Crippen LogP contribution in [0.2, 0.25) is 10.0 Å². The SMILES string of the molecule is CC(NC(=O)CCN)c1ccc(Cl)c(Cl)c1.Cl. The molecule has 0 aromatic heterocycles. The van der Waals surface area contributed by atoms with Crippen LogP contribution in [0, 0.1) is 0 Å². The molecule has 0 radical (unpaired) electrons. The van der Waals surface area contributed by atoms with Gasteiger partial charge in [-0.15, -0.1) is 12.4 Å². The summed E-state index contributed by atoms with van der Waals surface area (Å²) in [4.78, 5) is 11.3. The van der Waals surface area contributed by atoms with Crippen LogP contribution in [0.4, 0.5) is 0 Å². The molecule has 1 unspecified atom stereocenters. The van der Waals surface area contributed by atoms with E-state index in [1.54, 1.807) is 12.1 Å². The second-order valence-electron chi connectivity index (χ2n) is 3.50. The molecule has 96 valence electrons. The number of hydrogen-bond donors (Lipinski definition) is 2. The minimum Gasteiger partial charge on any atom is -0.350 e. The van der Waals surface area contributed by atoms with E-state index in [2.05, 4.69) is 5.32 Å². The molecule has 1 aromatic carbocycles. The molecule has 6 heteroatoms. The molecule has 0 heterocycles. The van der Waals surface area contributed by atoms with Crippen LogP contribution < -0.4 is 11.1 Å². The number of rotatable bonds is 4. The average molecular weight is 298 g/mol. The number of halogens is 3. The molecule has 1 aromatic rings. The standard InChI is InChI=1S/C11H14Cl2N2O.ClH/c1-7(15-11(16)4-5-14)8-2-3-9(12)10(13)6-8;/h2-3,6-7H,4-5,14H2,1H3,(H,15,16);1H. The van der Waals surface area contributed by atoms with Gasteiger partial charge in [0.05, 0.1) is 16.1 Å².